The van der Waals surface area contributed by atoms with Crippen molar-refractivity contribution in [2.45, 2.75) is 186 Å². The molecule has 4 saturated carbocycles. The number of aliphatic hydroxyl groups is 7. The normalized spacial score (nSPS) is 58.8. The molecule has 7 N–H and O–H groups in total. The van der Waals surface area contributed by atoms with Crippen LogP contribution >= 0.6 is 0 Å². The van der Waals surface area contributed by atoms with E-state index in [4.69, 9.17) is 23.7 Å². The van der Waals surface area contributed by atoms with Crippen LogP contribution in [0.1, 0.15) is 107 Å². The van der Waals surface area contributed by atoms with Gasteiger partial charge in [-0.15, -0.1) is 0 Å². The maximum atomic E-state index is 12.1. The third kappa shape index (κ3) is 5.24. The lowest BCUT2D eigenvalue weighted by atomic mass is 9.32. The van der Waals surface area contributed by atoms with E-state index in [1.807, 2.05) is 0 Å². The Morgan fingerprint density at radius 1 is 0.722 bits per heavy atom. The van der Waals surface area contributed by atoms with Crippen LogP contribution in [0.15, 0.2) is 12.2 Å². The van der Waals surface area contributed by atoms with Crippen molar-refractivity contribution in [1.82, 2.24) is 0 Å². The molecule has 0 unspecified atom stereocenters. The van der Waals surface area contributed by atoms with Gasteiger partial charge in [0.05, 0.1) is 37.1 Å². The molecule has 0 aromatic carbocycles. The largest absolute Gasteiger partial charge is 0.394 e. The van der Waals surface area contributed by atoms with Crippen LogP contribution in [0, 0.1) is 50.2 Å². The fraction of sp³-hybridized carbons (Fsp3) is 0.952. The molecule has 5 aliphatic carbocycles. The zero-order chi connectivity index (χ0) is 39.2. The molecule has 2 bridgehead atoms. The second-order valence-corrected chi connectivity index (χ2v) is 21.1. The Kier molecular flexibility index (Phi) is 9.55. The third-order valence-electron chi connectivity index (χ3n) is 17.8. The highest BCUT2D eigenvalue weighted by Gasteiger charge is 2.79. The Morgan fingerprint density at radius 2 is 1.43 bits per heavy atom. The Balaban J connectivity index is 1.03. The average Bonchev–Trinajstić information content (AvgIpc) is 3.38. The standard InChI is InChI=1S/C42H68O12/c1-21-28(45)33(54-34-31(48)30(47)29(46)22(19-43)52-34)32(49)35(51-21)53-27-11-12-38(6)23(37(27,4)5)9-13-39(7)24(38)10-14-42-25-17-36(2,3)15-16-41(25,20-50-42)26(44)18-40(39,42)8/h10,14,21-35,43-49H,9,11-13,15-20H2,1-8H3/t21-,22-,23+,24-,25-,26+,27+,28+,29-,30+,31-,32-,33+,34+,35+,38+,39-,40+,41-,42+/m0/s1. The quantitative estimate of drug-likeness (QED) is 0.161. The molecular formula is C42H68O12. The summed E-state index contributed by atoms with van der Waals surface area (Å²) in [4.78, 5) is 0. The van der Waals surface area contributed by atoms with Crippen LogP contribution in [0.3, 0.4) is 0 Å². The summed E-state index contributed by atoms with van der Waals surface area (Å²) in [6, 6.07) is 0. The van der Waals surface area contributed by atoms with Gasteiger partial charge in [0.1, 0.15) is 42.7 Å². The van der Waals surface area contributed by atoms with Gasteiger partial charge >= 0.3 is 0 Å². The Labute approximate surface area is 320 Å². The number of allylic oxidation sites excluding steroid dienone is 1. The third-order valence-corrected chi connectivity index (χ3v) is 17.8. The van der Waals surface area contributed by atoms with Crippen LogP contribution in [0.5, 0.6) is 0 Å². The van der Waals surface area contributed by atoms with E-state index < -0.39 is 73.6 Å². The molecule has 1 spiro atoms. The van der Waals surface area contributed by atoms with Crippen LogP contribution in [-0.2, 0) is 23.7 Å². The molecule has 12 nitrogen and oxygen atoms in total. The zero-order valence-electron chi connectivity index (χ0n) is 33.6. The molecule has 3 heterocycles. The first kappa shape index (κ1) is 40.1. The lowest BCUT2D eigenvalue weighted by Crippen LogP contribution is -2.72. The van der Waals surface area contributed by atoms with E-state index in [9.17, 15) is 35.7 Å². The SMILES string of the molecule is C[C@@H]1O[C@H](O[C@@H]2CC[C@]3(C)[C@H](CC[C@@]4(C)[C@H]3C=C[C@@]35OC[C@]6(CCC(C)(C)C[C@@H]63)[C@H](O)C[C@]45C)C2(C)C)[C@@H](O)[C@H](O[C@H]2O[C@@H](CO)[C@H](O)[C@@H](O)[C@@H]2O)[C@@H]1O. The van der Waals surface area contributed by atoms with Crippen LogP contribution in [0.2, 0.25) is 0 Å². The first-order chi connectivity index (χ1) is 25.1. The summed E-state index contributed by atoms with van der Waals surface area (Å²) in [6.45, 7) is 18.3. The molecule has 8 rings (SSSR count). The first-order valence-corrected chi connectivity index (χ1v) is 20.8. The fourth-order valence-electron chi connectivity index (χ4n) is 14.3. The number of fused-ring (bicyclic) bond motifs is 4. The predicted molar refractivity (Wildman–Crippen MR) is 195 cm³/mol. The summed E-state index contributed by atoms with van der Waals surface area (Å²) in [6.07, 6.45) is -1.83. The lowest BCUT2D eigenvalue weighted by Gasteiger charge is -2.73. The maximum absolute atomic E-state index is 12.1. The Morgan fingerprint density at radius 3 is 2.13 bits per heavy atom. The van der Waals surface area contributed by atoms with Gasteiger partial charge in [-0.3, -0.25) is 0 Å². The molecule has 20 atom stereocenters. The monoisotopic (exact) mass is 764 g/mol. The molecule has 3 aliphatic heterocycles. The summed E-state index contributed by atoms with van der Waals surface area (Å²) in [5.41, 5.74) is -1.08. The molecule has 54 heavy (non-hydrogen) atoms. The molecule has 0 amide bonds. The smallest absolute Gasteiger partial charge is 0.187 e. The number of hydrogen-bond acceptors (Lipinski definition) is 12. The van der Waals surface area contributed by atoms with Crippen LogP contribution in [-0.4, -0.2) is 128 Å². The lowest BCUT2D eigenvalue weighted by molar-refractivity contribution is -0.366. The van der Waals surface area contributed by atoms with E-state index in [2.05, 4.69) is 60.6 Å². The molecule has 8 aliphatic rings. The van der Waals surface area contributed by atoms with Gasteiger partial charge in [-0.1, -0.05) is 60.6 Å². The van der Waals surface area contributed by atoms with Crippen molar-refractivity contribution in [2.75, 3.05) is 13.2 Å². The van der Waals surface area contributed by atoms with Crippen molar-refractivity contribution >= 4 is 0 Å². The van der Waals surface area contributed by atoms with E-state index in [1.54, 1.807) is 6.92 Å². The van der Waals surface area contributed by atoms with Gasteiger partial charge in [0.2, 0.25) is 0 Å². The summed E-state index contributed by atoms with van der Waals surface area (Å²) in [5.74, 6) is 0.835. The molecule has 0 aromatic heterocycles. The van der Waals surface area contributed by atoms with E-state index in [0.717, 1.165) is 51.4 Å². The summed E-state index contributed by atoms with van der Waals surface area (Å²) < 4.78 is 31.4. The summed E-state index contributed by atoms with van der Waals surface area (Å²) in [5, 5.41) is 75.6. The minimum atomic E-state index is -1.69. The van der Waals surface area contributed by atoms with Crippen LogP contribution in [0.25, 0.3) is 0 Å². The summed E-state index contributed by atoms with van der Waals surface area (Å²) in [7, 11) is 0. The van der Waals surface area contributed by atoms with E-state index in [0.29, 0.717) is 12.5 Å². The number of hydrogen-bond donors (Lipinski definition) is 7. The van der Waals surface area contributed by atoms with Crippen molar-refractivity contribution in [3.63, 3.8) is 0 Å². The van der Waals surface area contributed by atoms with Gasteiger partial charge in [-0.2, -0.15) is 0 Å². The molecule has 0 radical (unpaired) electrons. The fourth-order valence-corrected chi connectivity index (χ4v) is 14.3. The topological polar surface area (TPSA) is 188 Å². The van der Waals surface area contributed by atoms with E-state index >= 15 is 0 Å². The number of aliphatic hydroxyl groups excluding tert-OH is 7. The van der Waals surface area contributed by atoms with Crippen LogP contribution < -0.4 is 0 Å². The summed E-state index contributed by atoms with van der Waals surface area (Å²) >= 11 is 0. The minimum absolute atomic E-state index is 0.0638. The zero-order valence-corrected chi connectivity index (χ0v) is 33.6. The molecular weight excluding hydrogens is 696 g/mol. The van der Waals surface area contributed by atoms with Crippen molar-refractivity contribution in [3.8, 4) is 0 Å². The van der Waals surface area contributed by atoms with E-state index in [1.165, 1.54) is 0 Å². The highest BCUT2D eigenvalue weighted by molar-refractivity contribution is 5.36. The molecule has 7 fully saturated rings. The van der Waals surface area contributed by atoms with Crippen molar-refractivity contribution in [3.05, 3.63) is 12.2 Å². The van der Waals surface area contributed by atoms with Gasteiger partial charge in [-0.05, 0) is 91.8 Å². The van der Waals surface area contributed by atoms with Crippen LogP contribution in [0.4, 0.5) is 0 Å². The van der Waals surface area contributed by atoms with Gasteiger partial charge in [0, 0.05) is 16.7 Å². The second-order valence-electron chi connectivity index (χ2n) is 21.1. The van der Waals surface area contributed by atoms with Crippen molar-refractivity contribution in [1.29, 1.82) is 0 Å². The minimum Gasteiger partial charge on any atom is -0.394 e. The molecule has 12 heteroatoms. The first-order valence-electron chi connectivity index (χ1n) is 20.8. The second kappa shape index (κ2) is 12.9. The predicted octanol–water partition coefficient (Wildman–Crippen LogP) is 2.80. The Hall–Kier alpha value is -0.740. The molecule has 0 aromatic rings. The molecule has 3 saturated heterocycles. The highest BCUT2D eigenvalue weighted by Crippen LogP contribution is 2.79. The van der Waals surface area contributed by atoms with Crippen molar-refractivity contribution < 1.29 is 59.4 Å². The van der Waals surface area contributed by atoms with Gasteiger partial charge in [0.25, 0.3) is 0 Å². The number of rotatable bonds is 5. The van der Waals surface area contributed by atoms with Gasteiger partial charge in [0.15, 0.2) is 12.6 Å². The average molecular weight is 765 g/mol. The number of ether oxygens (including phenoxy) is 5. The van der Waals surface area contributed by atoms with Gasteiger partial charge in [-0.25, -0.2) is 0 Å². The molecule has 308 valence electrons. The van der Waals surface area contributed by atoms with Gasteiger partial charge < -0.3 is 59.4 Å². The van der Waals surface area contributed by atoms with Crippen molar-refractivity contribution in [2.24, 2.45) is 50.2 Å². The highest BCUT2D eigenvalue weighted by atomic mass is 16.7. The Bertz CT molecular complexity index is 1470. The maximum Gasteiger partial charge on any atom is 0.187 e. The van der Waals surface area contributed by atoms with E-state index in [-0.39, 0.29) is 56.5 Å².